The van der Waals surface area contributed by atoms with Gasteiger partial charge in [0, 0.05) is 34.9 Å². The molecule has 0 radical (unpaired) electrons. The number of hydrogen-bond acceptors (Lipinski definition) is 3. The summed E-state index contributed by atoms with van der Waals surface area (Å²) in [6.07, 6.45) is 4.32. The molecule has 1 aliphatic rings. The Morgan fingerprint density at radius 2 is 2.26 bits per heavy atom. The van der Waals surface area contributed by atoms with Gasteiger partial charge in [-0.05, 0) is 50.7 Å². The average molecular weight is 276 g/mol. The molecular formula is C15H18ClN3. The van der Waals surface area contributed by atoms with E-state index in [9.17, 15) is 0 Å². The van der Waals surface area contributed by atoms with Crippen LogP contribution in [0.25, 0.3) is 10.9 Å². The van der Waals surface area contributed by atoms with Gasteiger partial charge in [0.25, 0.3) is 0 Å². The number of rotatable bonds is 2. The molecule has 1 aromatic heterocycles. The lowest BCUT2D eigenvalue weighted by atomic mass is 10.1. The Morgan fingerprint density at radius 3 is 3.11 bits per heavy atom. The summed E-state index contributed by atoms with van der Waals surface area (Å²) in [6.45, 7) is 2.29. The van der Waals surface area contributed by atoms with E-state index in [0.29, 0.717) is 6.04 Å². The Balaban J connectivity index is 1.88. The highest BCUT2D eigenvalue weighted by Crippen LogP contribution is 2.26. The molecule has 1 N–H and O–H groups in total. The number of likely N-dealkylation sites (tertiary alicyclic amines) is 1. The molecule has 2 aromatic rings. The highest BCUT2D eigenvalue weighted by atomic mass is 35.5. The fourth-order valence-corrected chi connectivity index (χ4v) is 2.92. The van der Waals surface area contributed by atoms with Crippen LogP contribution in [0.15, 0.2) is 30.5 Å². The summed E-state index contributed by atoms with van der Waals surface area (Å²) in [5, 5.41) is 5.52. The molecule has 2 heterocycles. The number of fused-ring (bicyclic) bond motifs is 1. The van der Waals surface area contributed by atoms with Crippen LogP contribution in [0.1, 0.15) is 12.8 Å². The van der Waals surface area contributed by atoms with Crippen molar-refractivity contribution in [2.75, 3.05) is 25.5 Å². The highest BCUT2D eigenvalue weighted by Gasteiger charge is 2.17. The normalized spacial score (nSPS) is 20.6. The van der Waals surface area contributed by atoms with E-state index in [4.69, 9.17) is 11.6 Å². The molecule has 1 aromatic carbocycles. The summed E-state index contributed by atoms with van der Waals surface area (Å²) in [6, 6.07) is 8.43. The number of pyridine rings is 1. The number of benzene rings is 1. The second-order valence-corrected chi connectivity index (χ2v) is 5.70. The van der Waals surface area contributed by atoms with E-state index in [1.807, 2.05) is 30.5 Å². The number of likely N-dealkylation sites (N-methyl/N-ethyl adjacent to an activating group) is 1. The topological polar surface area (TPSA) is 28.2 Å². The van der Waals surface area contributed by atoms with Gasteiger partial charge in [-0.2, -0.15) is 0 Å². The molecule has 1 fully saturated rings. The molecule has 0 saturated carbocycles. The Labute approximate surface area is 118 Å². The van der Waals surface area contributed by atoms with Crippen LogP contribution in [0, 0.1) is 0 Å². The maximum atomic E-state index is 6.01. The molecule has 1 aliphatic heterocycles. The maximum absolute atomic E-state index is 6.01. The molecule has 1 saturated heterocycles. The first-order chi connectivity index (χ1) is 9.22. The van der Waals surface area contributed by atoms with Gasteiger partial charge >= 0.3 is 0 Å². The van der Waals surface area contributed by atoms with Crippen molar-refractivity contribution in [2.45, 2.75) is 18.9 Å². The van der Waals surface area contributed by atoms with Crippen molar-refractivity contribution < 1.29 is 0 Å². The van der Waals surface area contributed by atoms with E-state index in [1.54, 1.807) is 0 Å². The van der Waals surface area contributed by atoms with Gasteiger partial charge in [0.1, 0.15) is 0 Å². The van der Waals surface area contributed by atoms with Crippen LogP contribution in [0.3, 0.4) is 0 Å². The number of nitrogens with one attached hydrogen (secondary N) is 1. The molecular weight excluding hydrogens is 258 g/mol. The number of hydrogen-bond donors (Lipinski definition) is 1. The highest BCUT2D eigenvalue weighted by molar-refractivity contribution is 6.31. The quantitative estimate of drug-likeness (QED) is 0.911. The van der Waals surface area contributed by atoms with Gasteiger partial charge in [-0.1, -0.05) is 11.6 Å². The van der Waals surface area contributed by atoms with Crippen molar-refractivity contribution in [3.8, 4) is 0 Å². The van der Waals surface area contributed by atoms with Crippen LogP contribution < -0.4 is 5.32 Å². The van der Waals surface area contributed by atoms with Gasteiger partial charge in [-0.3, -0.25) is 4.98 Å². The number of piperidine rings is 1. The summed E-state index contributed by atoms with van der Waals surface area (Å²) in [4.78, 5) is 6.75. The smallest absolute Gasteiger partial charge is 0.0737 e. The van der Waals surface area contributed by atoms with Crippen LogP contribution in [0.4, 0.5) is 5.69 Å². The summed E-state index contributed by atoms with van der Waals surface area (Å²) >= 11 is 6.01. The van der Waals surface area contributed by atoms with Gasteiger partial charge in [-0.25, -0.2) is 0 Å². The van der Waals surface area contributed by atoms with Crippen LogP contribution in [0.5, 0.6) is 0 Å². The van der Waals surface area contributed by atoms with Crippen molar-refractivity contribution in [1.82, 2.24) is 9.88 Å². The molecule has 19 heavy (non-hydrogen) atoms. The molecule has 0 aliphatic carbocycles. The monoisotopic (exact) mass is 275 g/mol. The van der Waals surface area contributed by atoms with Crippen LogP contribution in [0.2, 0.25) is 5.02 Å². The summed E-state index contributed by atoms with van der Waals surface area (Å²) in [5.41, 5.74) is 2.10. The van der Waals surface area contributed by atoms with E-state index < -0.39 is 0 Å². The van der Waals surface area contributed by atoms with Crippen molar-refractivity contribution in [3.63, 3.8) is 0 Å². The second kappa shape index (κ2) is 5.35. The summed E-state index contributed by atoms with van der Waals surface area (Å²) < 4.78 is 0. The van der Waals surface area contributed by atoms with E-state index in [-0.39, 0.29) is 0 Å². The number of nitrogens with zero attached hydrogens (tertiary/aromatic N) is 2. The molecule has 4 heteroatoms. The Kier molecular flexibility index (Phi) is 3.58. The molecule has 0 unspecified atom stereocenters. The summed E-state index contributed by atoms with van der Waals surface area (Å²) in [5.74, 6) is 0. The zero-order valence-electron chi connectivity index (χ0n) is 11.1. The zero-order chi connectivity index (χ0) is 13.2. The minimum absolute atomic E-state index is 0.514. The third kappa shape index (κ3) is 2.82. The Hall–Kier alpha value is -1.32. The van der Waals surface area contributed by atoms with E-state index in [2.05, 4.69) is 22.2 Å². The third-order valence-corrected chi connectivity index (χ3v) is 3.92. The minimum Gasteiger partial charge on any atom is -0.380 e. The van der Waals surface area contributed by atoms with Gasteiger partial charge in [0.15, 0.2) is 0 Å². The Bertz CT molecular complexity index is 585. The largest absolute Gasteiger partial charge is 0.380 e. The van der Waals surface area contributed by atoms with Gasteiger partial charge in [0.2, 0.25) is 0 Å². The van der Waals surface area contributed by atoms with Crippen molar-refractivity contribution in [2.24, 2.45) is 0 Å². The average Bonchev–Trinajstić information content (AvgIpc) is 2.38. The predicted octanol–water partition coefficient (Wildman–Crippen LogP) is 3.39. The van der Waals surface area contributed by atoms with Crippen molar-refractivity contribution >= 4 is 28.2 Å². The SMILES string of the molecule is CN1CCC[C@@H](Nc2ccnc3cc(Cl)ccc23)C1. The van der Waals surface area contributed by atoms with Crippen LogP contribution in [-0.4, -0.2) is 36.1 Å². The molecule has 1 atom stereocenters. The molecule has 100 valence electrons. The van der Waals surface area contributed by atoms with Crippen LogP contribution in [-0.2, 0) is 0 Å². The van der Waals surface area contributed by atoms with Crippen molar-refractivity contribution in [3.05, 3.63) is 35.5 Å². The standard InChI is InChI=1S/C15H18ClN3/c1-19-8-2-3-12(10-19)18-14-6-7-17-15-9-11(16)4-5-13(14)15/h4-7,9,12H,2-3,8,10H2,1H3,(H,17,18)/t12-/m1/s1. The predicted molar refractivity (Wildman–Crippen MR) is 80.9 cm³/mol. The first-order valence-corrected chi connectivity index (χ1v) is 7.09. The zero-order valence-corrected chi connectivity index (χ0v) is 11.8. The molecule has 0 spiro atoms. The summed E-state index contributed by atoms with van der Waals surface area (Å²) in [7, 11) is 2.18. The minimum atomic E-state index is 0.514. The van der Waals surface area contributed by atoms with Crippen molar-refractivity contribution in [1.29, 1.82) is 0 Å². The van der Waals surface area contributed by atoms with E-state index in [0.717, 1.165) is 28.2 Å². The molecule has 0 bridgehead atoms. The maximum Gasteiger partial charge on any atom is 0.0737 e. The first kappa shape index (κ1) is 12.7. The van der Waals surface area contributed by atoms with E-state index in [1.165, 1.54) is 19.4 Å². The Morgan fingerprint density at radius 1 is 1.37 bits per heavy atom. The lowest BCUT2D eigenvalue weighted by molar-refractivity contribution is 0.261. The fourth-order valence-electron chi connectivity index (χ4n) is 2.75. The fraction of sp³-hybridized carbons (Fsp3) is 0.400. The number of anilines is 1. The van der Waals surface area contributed by atoms with Gasteiger partial charge in [0.05, 0.1) is 5.52 Å². The molecule has 3 nitrogen and oxygen atoms in total. The molecule has 3 rings (SSSR count). The van der Waals surface area contributed by atoms with Gasteiger partial charge in [-0.15, -0.1) is 0 Å². The second-order valence-electron chi connectivity index (χ2n) is 5.27. The molecule has 0 amide bonds. The number of aromatic nitrogens is 1. The van der Waals surface area contributed by atoms with Gasteiger partial charge < -0.3 is 10.2 Å². The lowest BCUT2D eigenvalue weighted by Gasteiger charge is -2.31. The number of halogens is 1. The van der Waals surface area contributed by atoms with Crippen LogP contribution >= 0.6 is 11.6 Å². The van der Waals surface area contributed by atoms with E-state index >= 15 is 0 Å². The third-order valence-electron chi connectivity index (χ3n) is 3.69. The first-order valence-electron chi connectivity index (χ1n) is 6.72. The lowest BCUT2D eigenvalue weighted by Crippen LogP contribution is -2.39.